The molecule has 114 valence electrons. The summed E-state index contributed by atoms with van der Waals surface area (Å²) in [6.07, 6.45) is 2.64. The van der Waals surface area contributed by atoms with E-state index in [-0.39, 0.29) is 0 Å². The molecule has 1 atom stereocenters. The molecule has 0 aliphatic heterocycles. The van der Waals surface area contributed by atoms with Gasteiger partial charge in [-0.05, 0) is 49.7 Å². The summed E-state index contributed by atoms with van der Waals surface area (Å²) in [4.78, 5) is 0. The third-order valence-corrected chi connectivity index (χ3v) is 3.36. The van der Waals surface area contributed by atoms with Crippen molar-refractivity contribution >= 4 is 0 Å². The van der Waals surface area contributed by atoms with Gasteiger partial charge in [0.2, 0.25) is 0 Å². The van der Waals surface area contributed by atoms with E-state index in [0.29, 0.717) is 12.6 Å². The number of nitrogens with one attached hydrogen (secondary N) is 1. The van der Waals surface area contributed by atoms with Gasteiger partial charge in [-0.15, -0.1) is 0 Å². The maximum absolute atomic E-state index is 5.55. The first-order valence-corrected chi connectivity index (χ1v) is 7.27. The molecule has 1 heterocycles. The number of hydrogen-bond donors (Lipinski definition) is 1. The summed E-state index contributed by atoms with van der Waals surface area (Å²) < 4.78 is 15.9. The van der Waals surface area contributed by atoms with Gasteiger partial charge in [0.05, 0.1) is 13.4 Å². The Morgan fingerprint density at radius 3 is 2.67 bits per heavy atom. The van der Waals surface area contributed by atoms with E-state index in [1.165, 1.54) is 5.56 Å². The normalized spacial score (nSPS) is 12.3. The Labute approximate surface area is 126 Å². The van der Waals surface area contributed by atoms with Crippen LogP contribution in [0.3, 0.4) is 0 Å². The van der Waals surface area contributed by atoms with Crippen molar-refractivity contribution < 1.29 is 13.9 Å². The molecular formula is C17H23NO3. The number of furan rings is 1. The number of rotatable bonds is 9. The van der Waals surface area contributed by atoms with Crippen LogP contribution < -0.4 is 10.1 Å². The Kier molecular flexibility index (Phi) is 6.31. The molecular weight excluding hydrogens is 266 g/mol. The standard InChI is InChI=1S/C17H23NO3/c1-14(15-6-8-16(19-2)9-7-15)18-10-4-11-20-13-17-5-3-12-21-17/h3,5-9,12,14,18H,4,10-11,13H2,1-2H3. The highest BCUT2D eigenvalue weighted by Gasteiger charge is 2.04. The zero-order valence-corrected chi connectivity index (χ0v) is 12.7. The number of hydrogen-bond acceptors (Lipinski definition) is 4. The summed E-state index contributed by atoms with van der Waals surface area (Å²) in [7, 11) is 1.68. The van der Waals surface area contributed by atoms with Gasteiger partial charge in [0.15, 0.2) is 0 Å². The Morgan fingerprint density at radius 1 is 1.19 bits per heavy atom. The van der Waals surface area contributed by atoms with Crippen LogP contribution in [0.4, 0.5) is 0 Å². The zero-order valence-electron chi connectivity index (χ0n) is 12.7. The summed E-state index contributed by atoms with van der Waals surface area (Å²) in [5.74, 6) is 1.76. The van der Waals surface area contributed by atoms with E-state index >= 15 is 0 Å². The minimum atomic E-state index is 0.320. The quantitative estimate of drug-likeness (QED) is 0.717. The Morgan fingerprint density at radius 2 is 2.00 bits per heavy atom. The van der Waals surface area contributed by atoms with E-state index in [4.69, 9.17) is 13.9 Å². The van der Waals surface area contributed by atoms with Gasteiger partial charge in [0.1, 0.15) is 18.1 Å². The van der Waals surface area contributed by atoms with Crippen LogP contribution in [0.2, 0.25) is 0 Å². The minimum absolute atomic E-state index is 0.320. The van der Waals surface area contributed by atoms with Gasteiger partial charge in [0.25, 0.3) is 0 Å². The van der Waals surface area contributed by atoms with Crippen LogP contribution in [0.15, 0.2) is 47.1 Å². The van der Waals surface area contributed by atoms with Crippen molar-refractivity contribution in [2.45, 2.75) is 26.0 Å². The number of benzene rings is 1. The van der Waals surface area contributed by atoms with Crippen molar-refractivity contribution in [1.82, 2.24) is 5.32 Å². The second-order valence-corrected chi connectivity index (χ2v) is 4.93. The smallest absolute Gasteiger partial charge is 0.129 e. The maximum atomic E-state index is 5.55. The molecule has 0 bridgehead atoms. The van der Waals surface area contributed by atoms with Crippen molar-refractivity contribution in [3.63, 3.8) is 0 Å². The molecule has 21 heavy (non-hydrogen) atoms. The zero-order chi connectivity index (χ0) is 14.9. The van der Waals surface area contributed by atoms with E-state index in [1.807, 2.05) is 24.3 Å². The molecule has 0 spiro atoms. The molecule has 1 aromatic carbocycles. The van der Waals surface area contributed by atoms with Gasteiger partial charge in [-0.1, -0.05) is 12.1 Å². The van der Waals surface area contributed by atoms with Crippen LogP contribution in [-0.2, 0) is 11.3 Å². The third kappa shape index (κ3) is 5.25. The molecule has 1 N–H and O–H groups in total. The summed E-state index contributed by atoms with van der Waals surface area (Å²) in [5, 5.41) is 3.49. The Balaban J connectivity index is 1.59. The van der Waals surface area contributed by atoms with Crippen molar-refractivity contribution in [3.8, 4) is 5.75 Å². The van der Waals surface area contributed by atoms with Gasteiger partial charge in [-0.3, -0.25) is 0 Å². The molecule has 0 saturated carbocycles. The fraction of sp³-hybridized carbons (Fsp3) is 0.412. The van der Waals surface area contributed by atoms with Gasteiger partial charge in [-0.2, -0.15) is 0 Å². The fourth-order valence-electron chi connectivity index (χ4n) is 2.07. The summed E-state index contributed by atoms with van der Waals surface area (Å²) in [6.45, 7) is 4.35. The van der Waals surface area contributed by atoms with Gasteiger partial charge in [-0.25, -0.2) is 0 Å². The largest absolute Gasteiger partial charge is 0.497 e. The lowest BCUT2D eigenvalue weighted by molar-refractivity contribution is 0.104. The second kappa shape index (κ2) is 8.49. The molecule has 4 nitrogen and oxygen atoms in total. The van der Waals surface area contributed by atoms with Crippen LogP contribution >= 0.6 is 0 Å². The number of methoxy groups -OCH3 is 1. The van der Waals surface area contributed by atoms with Gasteiger partial charge >= 0.3 is 0 Å². The van der Waals surface area contributed by atoms with Crippen LogP contribution in [0.25, 0.3) is 0 Å². The van der Waals surface area contributed by atoms with E-state index in [0.717, 1.165) is 31.1 Å². The highest BCUT2D eigenvalue weighted by molar-refractivity contribution is 5.28. The summed E-state index contributed by atoms with van der Waals surface area (Å²) in [6, 6.07) is 12.3. The highest BCUT2D eigenvalue weighted by atomic mass is 16.5. The first kappa shape index (κ1) is 15.6. The SMILES string of the molecule is COc1ccc(C(C)NCCCOCc2ccco2)cc1. The lowest BCUT2D eigenvalue weighted by Gasteiger charge is -2.14. The van der Waals surface area contributed by atoms with E-state index in [1.54, 1.807) is 13.4 Å². The predicted octanol–water partition coefficient (Wildman–Crippen LogP) is 3.55. The summed E-state index contributed by atoms with van der Waals surface area (Å²) in [5.41, 5.74) is 1.26. The molecule has 2 rings (SSSR count). The average Bonchev–Trinajstić information content (AvgIpc) is 3.04. The fourth-order valence-corrected chi connectivity index (χ4v) is 2.07. The van der Waals surface area contributed by atoms with E-state index in [9.17, 15) is 0 Å². The molecule has 0 amide bonds. The molecule has 4 heteroatoms. The van der Waals surface area contributed by atoms with E-state index in [2.05, 4.69) is 24.4 Å². The van der Waals surface area contributed by atoms with Gasteiger partial charge in [0, 0.05) is 12.6 Å². The molecule has 1 unspecified atom stereocenters. The lowest BCUT2D eigenvalue weighted by atomic mass is 10.1. The van der Waals surface area contributed by atoms with Crippen molar-refractivity contribution in [2.75, 3.05) is 20.3 Å². The van der Waals surface area contributed by atoms with Crippen molar-refractivity contribution in [3.05, 3.63) is 54.0 Å². The molecule has 0 aliphatic rings. The topological polar surface area (TPSA) is 43.6 Å². The highest BCUT2D eigenvalue weighted by Crippen LogP contribution is 2.17. The molecule has 0 aliphatic carbocycles. The number of ether oxygens (including phenoxy) is 2. The van der Waals surface area contributed by atoms with E-state index < -0.39 is 0 Å². The molecule has 0 radical (unpaired) electrons. The predicted molar refractivity (Wildman–Crippen MR) is 82.4 cm³/mol. The van der Waals surface area contributed by atoms with Crippen LogP contribution in [0.1, 0.15) is 30.7 Å². The summed E-state index contributed by atoms with van der Waals surface area (Å²) >= 11 is 0. The second-order valence-electron chi connectivity index (χ2n) is 4.93. The Bertz CT molecular complexity index is 493. The van der Waals surface area contributed by atoms with Crippen molar-refractivity contribution in [1.29, 1.82) is 0 Å². The molecule has 1 aromatic heterocycles. The monoisotopic (exact) mass is 289 g/mol. The maximum Gasteiger partial charge on any atom is 0.129 e. The van der Waals surface area contributed by atoms with Crippen LogP contribution in [0, 0.1) is 0 Å². The third-order valence-electron chi connectivity index (χ3n) is 3.36. The first-order chi connectivity index (χ1) is 10.3. The molecule has 0 fully saturated rings. The Hall–Kier alpha value is -1.78. The van der Waals surface area contributed by atoms with Crippen LogP contribution in [-0.4, -0.2) is 20.3 Å². The lowest BCUT2D eigenvalue weighted by Crippen LogP contribution is -2.20. The van der Waals surface area contributed by atoms with Crippen LogP contribution in [0.5, 0.6) is 5.75 Å². The minimum Gasteiger partial charge on any atom is -0.497 e. The molecule has 0 saturated heterocycles. The first-order valence-electron chi connectivity index (χ1n) is 7.27. The van der Waals surface area contributed by atoms with Crippen molar-refractivity contribution in [2.24, 2.45) is 0 Å². The average molecular weight is 289 g/mol. The van der Waals surface area contributed by atoms with Gasteiger partial charge < -0.3 is 19.2 Å². The molecule has 2 aromatic rings.